The summed E-state index contributed by atoms with van der Waals surface area (Å²) in [6, 6.07) is -0.0671. The van der Waals surface area contributed by atoms with Crippen LogP contribution in [0.25, 0.3) is 0 Å². The fourth-order valence-corrected chi connectivity index (χ4v) is 0.848. The third-order valence-corrected chi connectivity index (χ3v) is 1.98. The van der Waals surface area contributed by atoms with Crippen LogP contribution in [0.2, 0.25) is 0 Å². The minimum absolute atomic E-state index is 0.0671. The maximum absolute atomic E-state index is 5.52. The van der Waals surface area contributed by atoms with Crippen LogP contribution in [-0.2, 0) is 0 Å². The van der Waals surface area contributed by atoms with Gasteiger partial charge in [0.1, 0.15) is 0 Å². The summed E-state index contributed by atoms with van der Waals surface area (Å²) in [5.74, 6) is 0. The molecule has 0 saturated carbocycles. The molecular formula is C4H14AsN3. The average molecular weight is 179 g/mol. The van der Waals surface area contributed by atoms with Crippen LogP contribution >= 0.6 is 0 Å². The molecule has 0 radical (unpaired) electrons. The Hall–Kier alpha value is 0.438. The van der Waals surface area contributed by atoms with Crippen LogP contribution in [0.4, 0.5) is 0 Å². The zero-order valence-corrected chi connectivity index (χ0v) is 7.52. The van der Waals surface area contributed by atoms with E-state index in [1.54, 1.807) is 0 Å². The molecule has 0 rings (SSSR count). The molecule has 8 heavy (non-hydrogen) atoms. The summed E-state index contributed by atoms with van der Waals surface area (Å²) in [5, 5.41) is 0. The standard InChI is InChI=1S/C4H14AsN3/c1-2-3(6)4(5,7)8/h3H,2,5-8H2,1H3. The second kappa shape index (κ2) is 2.83. The Bertz CT molecular complexity index is 68.2. The number of rotatable bonds is 2. The van der Waals surface area contributed by atoms with Crippen LogP contribution in [0.3, 0.4) is 0 Å². The minimum atomic E-state index is -0.651. The molecule has 0 aromatic heterocycles. The van der Waals surface area contributed by atoms with Gasteiger partial charge in [-0.05, 0) is 0 Å². The molecule has 0 heterocycles. The van der Waals surface area contributed by atoms with Crippen molar-refractivity contribution >= 4 is 16.9 Å². The third-order valence-electron chi connectivity index (χ3n) is 1.08. The first-order valence-electron chi connectivity index (χ1n) is 2.60. The summed E-state index contributed by atoms with van der Waals surface area (Å²) in [7, 11) is 0. The van der Waals surface area contributed by atoms with Crippen molar-refractivity contribution in [1.29, 1.82) is 0 Å². The molecule has 50 valence electrons. The van der Waals surface area contributed by atoms with Crippen LogP contribution in [0.1, 0.15) is 13.3 Å². The fraction of sp³-hybridized carbons (Fsp3) is 1.00. The summed E-state index contributed by atoms with van der Waals surface area (Å²) in [5.41, 5.74) is 16.5. The van der Waals surface area contributed by atoms with Gasteiger partial charge in [-0.25, -0.2) is 0 Å². The third kappa shape index (κ3) is 2.67. The van der Waals surface area contributed by atoms with E-state index >= 15 is 0 Å². The van der Waals surface area contributed by atoms with Gasteiger partial charge in [-0.15, -0.1) is 0 Å². The molecule has 4 heteroatoms. The molecule has 0 aliphatic heterocycles. The van der Waals surface area contributed by atoms with Crippen molar-refractivity contribution in [3.05, 3.63) is 0 Å². The van der Waals surface area contributed by atoms with Gasteiger partial charge in [0, 0.05) is 0 Å². The van der Waals surface area contributed by atoms with Crippen molar-refractivity contribution < 1.29 is 0 Å². The quantitative estimate of drug-likeness (QED) is 0.336. The molecule has 0 aromatic carbocycles. The van der Waals surface area contributed by atoms with E-state index in [0.29, 0.717) is 0 Å². The predicted octanol–water partition coefficient (Wildman–Crippen LogP) is -2.07. The van der Waals surface area contributed by atoms with Crippen molar-refractivity contribution in [2.75, 3.05) is 0 Å². The first-order valence-corrected chi connectivity index (χ1v) is 3.81. The van der Waals surface area contributed by atoms with Crippen molar-refractivity contribution in [3.63, 3.8) is 0 Å². The second-order valence-corrected chi connectivity index (χ2v) is 4.11. The van der Waals surface area contributed by atoms with Gasteiger partial charge in [-0.3, -0.25) is 0 Å². The number of hydrogen-bond donors (Lipinski definition) is 3. The van der Waals surface area contributed by atoms with Gasteiger partial charge < -0.3 is 0 Å². The first-order chi connectivity index (χ1) is 3.48. The summed E-state index contributed by atoms with van der Waals surface area (Å²) in [6.45, 7) is 1.97. The van der Waals surface area contributed by atoms with Crippen LogP contribution < -0.4 is 17.2 Å². The Labute approximate surface area is 58.5 Å². The van der Waals surface area contributed by atoms with Crippen LogP contribution in [0, 0.1) is 0 Å². The van der Waals surface area contributed by atoms with Crippen LogP contribution in [0.15, 0.2) is 0 Å². The Morgan fingerprint density at radius 2 is 2.00 bits per heavy atom. The molecule has 3 nitrogen and oxygen atoms in total. The molecule has 6 N–H and O–H groups in total. The van der Waals surface area contributed by atoms with Gasteiger partial charge in [-0.2, -0.15) is 0 Å². The van der Waals surface area contributed by atoms with E-state index in [1.165, 1.54) is 16.9 Å². The molecule has 0 bridgehead atoms. The molecule has 0 aromatic rings. The molecular weight excluding hydrogens is 165 g/mol. The van der Waals surface area contributed by atoms with E-state index in [0.717, 1.165) is 6.42 Å². The molecule has 0 spiro atoms. The topological polar surface area (TPSA) is 78.1 Å². The van der Waals surface area contributed by atoms with E-state index < -0.39 is 4.45 Å². The van der Waals surface area contributed by atoms with Gasteiger partial charge in [0.2, 0.25) is 0 Å². The normalized spacial score (nSPS) is 16.1. The van der Waals surface area contributed by atoms with E-state index in [4.69, 9.17) is 17.2 Å². The fourth-order valence-electron chi connectivity index (χ4n) is 0.354. The molecule has 0 fully saturated rings. The Morgan fingerprint density at radius 1 is 1.62 bits per heavy atom. The summed E-state index contributed by atoms with van der Waals surface area (Å²) >= 11 is 1.29. The van der Waals surface area contributed by atoms with Gasteiger partial charge in [-0.1, -0.05) is 0 Å². The van der Waals surface area contributed by atoms with E-state index in [2.05, 4.69) is 0 Å². The monoisotopic (exact) mass is 179 g/mol. The summed E-state index contributed by atoms with van der Waals surface area (Å²) < 4.78 is -0.651. The predicted molar refractivity (Wildman–Crippen MR) is 37.9 cm³/mol. The van der Waals surface area contributed by atoms with Gasteiger partial charge in [0.25, 0.3) is 0 Å². The Balaban J connectivity index is 3.62. The Kier molecular flexibility index (Phi) is 2.99. The van der Waals surface area contributed by atoms with Gasteiger partial charge in [0.15, 0.2) is 0 Å². The van der Waals surface area contributed by atoms with Crippen molar-refractivity contribution in [1.82, 2.24) is 0 Å². The summed E-state index contributed by atoms with van der Waals surface area (Å²) in [4.78, 5) is 0. The van der Waals surface area contributed by atoms with Crippen LogP contribution in [0.5, 0.6) is 0 Å². The number of hydrogen-bond acceptors (Lipinski definition) is 3. The van der Waals surface area contributed by atoms with E-state index in [9.17, 15) is 0 Å². The Morgan fingerprint density at radius 3 is 2.00 bits per heavy atom. The summed E-state index contributed by atoms with van der Waals surface area (Å²) in [6.07, 6.45) is 0.839. The van der Waals surface area contributed by atoms with Gasteiger partial charge in [0.05, 0.1) is 0 Å². The zero-order valence-electron chi connectivity index (χ0n) is 5.09. The van der Waals surface area contributed by atoms with Gasteiger partial charge >= 0.3 is 57.9 Å². The molecule has 0 saturated heterocycles. The van der Waals surface area contributed by atoms with Crippen molar-refractivity contribution in [2.24, 2.45) is 17.2 Å². The average Bonchev–Trinajstić information content (AvgIpc) is 1.62. The van der Waals surface area contributed by atoms with E-state index in [1.807, 2.05) is 6.92 Å². The molecule has 0 amide bonds. The number of nitrogens with two attached hydrogens (primary N) is 3. The van der Waals surface area contributed by atoms with Crippen molar-refractivity contribution in [3.8, 4) is 0 Å². The molecule has 2 atom stereocenters. The SMILES string of the molecule is CCC(N)C(N)(N)[AsH2]. The molecule has 2 unspecified atom stereocenters. The van der Waals surface area contributed by atoms with E-state index in [-0.39, 0.29) is 6.04 Å². The first kappa shape index (κ1) is 8.44. The molecule has 0 aliphatic rings. The van der Waals surface area contributed by atoms with Crippen molar-refractivity contribution in [2.45, 2.75) is 23.8 Å². The maximum atomic E-state index is 5.52. The zero-order chi connectivity index (χ0) is 6.78. The molecule has 0 aliphatic carbocycles. The van der Waals surface area contributed by atoms with Crippen LogP contribution in [-0.4, -0.2) is 27.3 Å². The second-order valence-electron chi connectivity index (χ2n) is 2.01.